The second kappa shape index (κ2) is 7.93. The molecule has 9 nitrogen and oxygen atoms in total. The van der Waals surface area contributed by atoms with Crippen LogP contribution in [-0.4, -0.2) is 39.9 Å². The van der Waals surface area contributed by atoms with Crippen molar-refractivity contribution in [2.75, 3.05) is 19.1 Å². The van der Waals surface area contributed by atoms with Crippen molar-refractivity contribution in [1.29, 1.82) is 0 Å². The van der Waals surface area contributed by atoms with E-state index in [4.69, 9.17) is 29.9 Å². The molecule has 1 fully saturated rings. The molecule has 1 amide bonds. The van der Waals surface area contributed by atoms with E-state index in [2.05, 4.69) is 5.32 Å². The van der Waals surface area contributed by atoms with E-state index in [1.54, 1.807) is 0 Å². The number of aromatic nitrogens is 3. The van der Waals surface area contributed by atoms with Crippen molar-refractivity contribution in [3.8, 4) is 11.5 Å². The van der Waals surface area contributed by atoms with Crippen molar-refractivity contribution in [1.82, 2.24) is 19.9 Å². The molecule has 1 atom stereocenters. The molecule has 168 valence electrons. The maximum Gasteiger partial charge on any atom is 0.257 e. The maximum absolute atomic E-state index is 13.3. The van der Waals surface area contributed by atoms with Crippen LogP contribution >= 0.6 is 0 Å². The van der Waals surface area contributed by atoms with Crippen molar-refractivity contribution >= 4 is 33.9 Å². The number of nitrogens with zero attached hydrogens (tertiary/aromatic N) is 3. The summed E-state index contributed by atoms with van der Waals surface area (Å²) in [5.41, 5.74) is 10.3. The van der Waals surface area contributed by atoms with Crippen LogP contribution in [0.25, 0.3) is 22.2 Å². The van der Waals surface area contributed by atoms with Crippen LogP contribution in [0.15, 0.2) is 42.5 Å². The molecule has 0 unspecified atom stereocenters. The smallest absolute Gasteiger partial charge is 0.257 e. The predicted molar refractivity (Wildman–Crippen MR) is 122 cm³/mol. The van der Waals surface area contributed by atoms with Gasteiger partial charge in [0.1, 0.15) is 16.9 Å². The molecule has 2 aliphatic heterocycles. The summed E-state index contributed by atoms with van der Waals surface area (Å²) in [6.45, 7) is 1.79. The number of nitrogen functional groups attached to an aromatic ring is 1. The highest BCUT2D eigenvalue weighted by Gasteiger charge is 2.26. The van der Waals surface area contributed by atoms with Crippen LogP contribution in [0.3, 0.4) is 0 Å². The largest absolute Gasteiger partial charge is 0.454 e. The maximum atomic E-state index is 13.3. The Morgan fingerprint density at radius 3 is 2.76 bits per heavy atom. The zero-order chi connectivity index (χ0) is 22.4. The molecule has 0 radical (unpaired) electrons. The number of anilines is 1. The quantitative estimate of drug-likeness (QED) is 0.485. The highest BCUT2D eigenvalue weighted by atomic mass is 16.7. The Morgan fingerprint density at radius 2 is 1.94 bits per heavy atom. The van der Waals surface area contributed by atoms with Crippen LogP contribution in [-0.2, 0) is 17.8 Å². The Labute approximate surface area is 189 Å². The Balaban J connectivity index is 1.36. The van der Waals surface area contributed by atoms with E-state index < -0.39 is 0 Å². The Bertz CT molecular complexity index is 1380. The molecule has 1 saturated heterocycles. The van der Waals surface area contributed by atoms with Gasteiger partial charge in [0.15, 0.2) is 17.1 Å². The molecule has 0 aliphatic carbocycles. The summed E-state index contributed by atoms with van der Waals surface area (Å²) < 4.78 is 18.5. The van der Waals surface area contributed by atoms with E-state index in [0.717, 1.165) is 30.5 Å². The molecular formula is C24H23N5O4. The van der Waals surface area contributed by atoms with Gasteiger partial charge in [-0.2, -0.15) is 0 Å². The average molecular weight is 445 g/mol. The third kappa shape index (κ3) is 3.50. The number of para-hydroxylation sites is 2. The van der Waals surface area contributed by atoms with Crippen molar-refractivity contribution in [2.24, 2.45) is 0 Å². The molecule has 0 spiro atoms. The molecule has 3 N–H and O–H groups in total. The number of nitrogens with one attached hydrogen (secondary N) is 1. The highest BCUT2D eigenvalue weighted by molar-refractivity contribution is 6.10. The zero-order valence-corrected chi connectivity index (χ0v) is 17.9. The fourth-order valence-electron chi connectivity index (χ4n) is 4.44. The van der Waals surface area contributed by atoms with Gasteiger partial charge in [0.25, 0.3) is 5.91 Å². The van der Waals surface area contributed by atoms with Gasteiger partial charge in [0.05, 0.1) is 23.7 Å². The fourth-order valence-corrected chi connectivity index (χ4v) is 4.44. The van der Waals surface area contributed by atoms with Crippen LogP contribution in [0, 0.1) is 0 Å². The molecule has 2 aromatic carbocycles. The fraction of sp³-hybridized carbons (Fsp3) is 0.292. The molecule has 0 bridgehead atoms. The SMILES string of the molecule is Nc1c(C(=O)NCc2ccc3c(c2)OCO3)c2nc3ccccc3nc2n1C[C@H]1CCCO1. The lowest BCUT2D eigenvalue weighted by atomic mass is 10.2. The zero-order valence-electron chi connectivity index (χ0n) is 17.9. The minimum Gasteiger partial charge on any atom is -0.454 e. The van der Waals surface area contributed by atoms with Crippen molar-refractivity contribution in [2.45, 2.75) is 32.0 Å². The van der Waals surface area contributed by atoms with Crippen LogP contribution in [0.1, 0.15) is 28.8 Å². The molecule has 9 heteroatoms. The number of fused-ring (bicyclic) bond motifs is 3. The van der Waals surface area contributed by atoms with Crippen LogP contribution < -0.4 is 20.5 Å². The van der Waals surface area contributed by atoms with Gasteiger partial charge in [-0.05, 0) is 42.7 Å². The number of hydrogen-bond acceptors (Lipinski definition) is 7. The third-order valence-corrected chi connectivity index (χ3v) is 6.12. The number of carbonyl (C=O) groups is 1. The third-order valence-electron chi connectivity index (χ3n) is 6.12. The summed E-state index contributed by atoms with van der Waals surface area (Å²) in [7, 11) is 0. The lowest BCUT2D eigenvalue weighted by Crippen LogP contribution is -2.24. The minimum absolute atomic E-state index is 0.0423. The van der Waals surface area contributed by atoms with Gasteiger partial charge in [0.2, 0.25) is 6.79 Å². The van der Waals surface area contributed by atoms with Gasteiger partial charge in [-0.25, -0.2) is 9.97 Å². The van der Waals surface area contributed by atoms with E-state index in [1.165, 1.54) is 0 Å². The Kier molecular flexibility index (Phi) is 4.76. The molecular weight excluding hydrogens is 422 g/mol. The monoisotopic (exact) mass is 445 g/mol. The first-order valence-electron chi connectivity index (χ1n) is 11.0. The van der Waals surface area contributed by atoms with E-state index in [-0.39, 0.29) is 18.8 Å². The summed E-state index contributed by atoms with van der Waals surface area (Å²) in [5.74, 6) is 1.42. The number of nitrogens with two attached hydrogens (primary N) is 1. The van der Waals surface area contributed by atoms with Gasteiger partial charge in [-0.15, -0.1) is 0 Å². The first-order valence-corrected chi connectivity index (χ1v) is 11.0. The lowest BCUT2D eigenvalue weighted by molar-refractivity contribution is 0.0947. The number of amides is 1. The van der Waals surface area contributed by atoms with Crippen LogP contribution in [0.2, 0.25) is 0 Å². The Hall–Kier alpha value is -3.85. The number of hydrogen-bond donors (Lipinski definition) is 2. The molecule has 2 aromatic heterocycles. The van der Waals surface area contributed by atoms with E-state index >= 15 is 0 Å². The summed E-state index contributed by atoms with van der Waals surface area (Å²) in [6, 6.07) is 13.2. The standard InChI is InChI=1S/C24H23N5O4/c25-22-20(24(30)26-11-14-7-8-18-19(10-14)33-13-32-18)21-23(29(22)12-15-4-3-9-31-15)28-17-6-2-1-5-16(17)27-21/h1-2,5-8,10,15H,3-4,9,11-13,25H2,(H,26,30)/t15-/m1/s1. The van der Waals surface area contributed by atoms with Crippen molar-refractivity contribution < 1.29 is 19.0 Å². The number of ether oxygens (including phenoxy) is 3. The summed E-state index contributed by atoms with van der Waals surface area (Å²) in [5, 5.41) is 2.97. The molecule has 0 saturated carbocycles. The number of carbonyl (C=O) groups excluding carboxylic acids is 1. The predicted octanol–water partition coefficient (Wildman–Crippen LogP) is 3.00. The molecule has 4 aromatic rings. The number of benzene rings is 2. The van der Waals surface area contributed by atoms with Crippen molar-refractivity contribution in [3.63, 3.8) is 0 Å². The normalized spacial score (nSPS) is 17.2. The van der Waals surface area contributed by atoms with Gasteiger partial charge in [-0.1, -0.05) is 18.2 Å². The van der Waals surface area contributed by atoms with Gasteiger partial charge < -0.3 is 29.8 Å². The second-order valence-electron chi connectivity index (χ2n) is 8.26. The van der Waals surface area contributed by atoms with E-state index in [9.17, 15) is 4.79 Å². The van der Waals surface area contributed by atoms with Crippen molar-refractivity contribution in [3.05, 3.63) is 53.6 Å². The van der Waals surface area contributed by atoms with E-state index in [1.807, 2.05) is 47.0 Å². The molecule has 33 heavy (non-hydrogen) atoms. The second-order valence-corrected chi connectivity index (χ2v) is 8.26. The number of rotatable bonds is 5. The molecule has 4 heterocycles. The first-order chi connectivity index (χ1) is 16.2. The van der Waals surface area contributed by atoms with Crippen LogP contribution in [0.4, 0.5) is 5.82 Å². The van der Waals surface area contributed by atoms with Gasteiger partial charge in [0, 0.05) is 13.2 Å². The Morgan fingerprint density at radius 1 is 1.12 bits per heavy atom. The summed E-state index contributed by atoms with van der Waals surface area (Å²) >= 11 is 0. The van der Waals surface area contributed by atoms with E-state index in [0.29, 0.717) is 52.7 Å². The summed E-state index contributed by atoms with van der Waals surface area (Å²) in [6.07, 6.45) is 2.01. The summed E-state index contributed by atoms with van der Waals surface area (Å²) in [4.78, 5) is 22.9. The van der Waals surface area contributed by atoms with Gasteiger partial charge >= 0.3 is 0 Å². The first kappa shape index (κ1) is 19.8. The van der Waals surface area contributed by atoms with Crippen LogP contribution in [0.5, 0.6) is 11.5 Å². The molecule has 2 aliphatic rings. The minimum atomic E-state index is -0.300. The highest BCUT2D eigenvalue weighted by Crippen LogP contribution is 2.33. The van der Waals surface area contributed by atoms with Gasteiger partial charge in [-0.3, -0.25) is 4.79 Å². The molecule has 6 rings (SSSR count). The topological polar surface area (TPSA) is 114 Å². The average Bonchev–Trinajstić information content (AvgIpc) is 3.57. The lowest BCUT2D eigenvalue weighted by Gasteiger charge is -2.13.